The van der Waals surface area contributed by atoms with E-state index < -0.39 is 21.6 Å². The van der Waals surface area contributed by atoms with Gasteiger partial charge in [-0.3, -0.25) is 13.9 Å². The Hall–Kier alpha value is -2.29. The normalized spacial score (nSPS) is 12.6. The van der Waals surface area contributed by atoms with Crippen molar-refractivity contribution in [2.45, 2.75) is 65.1 Å². The van der Waals surface area contributed by atoms with Crippen LogP contribution >= 0.6 is 23.2 Å². The third-order valence-corrected chi connectivity index (χ3v) is 7.26. The molecule has 1 N–H and O–H groups in total. The van der Waals surface area contributed by atoms with E-state index in [1.54, 1.807) is 36.4 Å². The van der Waals surface area contributed by atoms with Gasteiger partial charge in [0.05, 0.1) is 11.9 Å². The van der Waals surface area contributed by atoms with Crippen molar-refractivity contribution in [3.63, 3.8) is 0 Å². The number of carbonyl (C=O) groups is 2. The van der Waals surface area contributed by atoms with Crippen LogP contribution in [-0.4, -0.2) is 49.5 Å². The Labute approximate surface area is 224 Å². The number of benzene rings is 2. The molecule has 0 aliphatic heterocycles. The zero-order valence-corrected chi connectivity index (χ0v) is 23.8. The van der Waals surface area contributed by atoms with Crippen molar-refractivity contribution < 1.29 is 18.0 Å². The average Bonchev–Trinajstić information content (AvgIpc) is 2.76. The summed E-state index contributed by atoms with van der Waals surface area (Å²) in [6, 6.07) is 13.0. The van der Waals surface area contributed by atoms with Gasteiger partial charge in [-0.1, -0.05) is 48.3 Å². The largest absolute Gasteiger partial charge is 0.350 e. The number of hydrogen-bond acceptors (Lipinski definition) is 4. The van der Waals surface area contributed by atoms with Crippen molar-refractivity contribution in [2.75, 3.05) is 17.1 Å². The summed E-state index contributed by atoms with van der Waals surface area (Å²) in [5.74, 6) is -0.500. The van der Waals surface area contributed by atoms with Gasteiger partial charge in [-0.15, -0.1) is 0 Å². The molecule has 0 aliphatic rings. The third-order valence-electron chi connectivity index (χ3n) is 5.45. The smallest absolute Gasteiger partial charge is 0.243 e. The fourth-order valence-corrected chi connectivity index (χ4v) is 5.08. The fraction of sp³-hybridized carbons (Fsp3) is 0.462. The number of carbonyl (C=O) groups excluding carboxylic acids is 2. The molecular formula is C26H35Cl2N3O4S. The SMILES string of the molecule is CC[C@H](C(=O)NC(C)(C)C)N(Cc1ccccc1Cl)C(=O)CCCN(c1ccc(Cl)cc1)S(C)(=O)=O. The first kappa shape index (κ1) is 29.9. The van der Waals surface area contributed by atoms with E-state index in [2.05, 4.69) is 5.32 Å². The fourth-order valence-electron chi connectivity index (χ4n) is 3.79. The van der Waals surface area contributed by atoms with Crippen LogP contribution in [0.5, 0.6) is 0 Å². The molecule has 0 spiro atoms. The van der Waals surface area contributed by atoms with Gasteiger partial charge in [0.2, 0.25) is 21.8 Å². The number of nitrogens with one attached hydrogen (secondary N) is 1. The van der Waals surface area contributed by atoms with Crippen molar-refractivity contribution in [3.05, 3.63) is 64.1 Å². The van der Waals surface area contributed by atoms with E-state index in [1.807, 2.05) is 39.8 Å². The molecule has 0 saturated heterocycles. The van der Waals surface area contributed by atoms with Gasteiger partial charge in [0.1, 0.15) is 6.04 Å². The Morgan fingerprint density at radius 2 is 1.64 bits per heavy atom. The first-order chi connectivity index (χ1) is 16.7. The van der Waals surface area contributed by atoms with Crippen molar-refractivity contribution >= 4 is 50.7 Å². The first-order valence-electron chi connectivity index (χ1n) is 11.8. The highest BCUT2D eigenvalue weighted by atomic mass is 35.5. The lowest BCUT2D eigenvalue weighted by molar-refractivity contribution is -0.142. The molecule has 2 aromatic carbocycles. The van der Waals surface area contributed by atoms with E-state index in [-0.39, 0.29) is 37.7 Å². The van der Waals surface area contributed by atoms with E-state index in [1.165, 1.54) is 9.21 Å². The molecule has 198 valence electrons. The molecule has 36 heavy (non-hydrogen) atoms. The van der Waals surface area contributed by atoms with E-state index in [0.29, 0.717) is 22.2 Å². The van der Waals surface area contributed by atoms with E-state index in [9.17, 15) is 18.0 Å². The molecule has 0 saturated carbocycles. The molecule has 2 rings (SSSR count). The summed E-state index contributed by atoms with van der Waals surface area (Å²) in [7, 11) is -3.57. The number of sulfonamides is 1. The third kappa shape index (κ3) is 8.98. The summed E-state index contributed by atoms with van der Waals surface area (Å²) in [6.45, 7) is 7.78. The second kappa shape index (κ2) is 12.8. The van der Waals surface area contributed by atoms with Gasteiger partial charge in [0, 0.05) is 35.1 Å². The lowest BCUT2D eigenvalue weighted by Crippen LogP contribution is -2.53. The molecule has 7 nitrogen and oxygen atoms in total. The maximum absolute atomic E-state index is 13.5. The molecule has 2 aromatic rings. The standard InChI is InChI=1S/C26H35Cl2N3O4S/c1-6-23(25(33)29-26(2,3)4)30(18-19-10-7-8-11-22(19)28)24(32)12-9-17-31(36(5,34)35)21-15-13-20(27)14-16-21/h7-8,10-11,13-16,23H,6,9,12,17-18H2,1-5H3,(H,29,33)/t23-/m1/s1. The van der Waals surface area contributed by atoms with Gasteiger partial charge in [-0.2, -0.15) is 0 Å². The highest BCUT2D eigenvalue weighted by Crippen LogP contribution is 2.23. The second-order valence-corrected chi connectivity index (χ2v) is 12.4. The molecule has 10 heteroatoms. The van der Waals surface area contributed by atoms with Crippen molar-refractivity contribution in [1.82, 2.24) is 10.2 Å². The zero-order chi connectivity index (χ0) is 27.1. The molecule has 0 radical (unpaired) electrons. The molecule has 1 atom stereocenters. The Balaban J connectivity index is 2.24. The summed E-state index contributed by atoms with van der Waals surface area (Å²) in [4.78, 5) is 28.1. The number of halogens is 2. The Kier molecular flexibility index (Phi) is 10.6. The van der Waals surface area contributed by atoms with Gasteiger partial charge in [0.15, 0.2) is 0 Å². The van der Waals surface area contributed by atoms with E-state index >= 15 is 0 Å². The van der Waals surface area contributed by atoms with Crippen LogP contribution < -0.4 is 9.62 Å². The second-order valence-electron chi connectivity index (χ2n) is 9.69. The Morgan fingerprint density at radius 3 is 2.17 bits per heavy atom. The van der Waals surface area contributed by atoms with Crippen LogP contribution in [0, 0.1) is 0 Å². The van der Waals surface area contributed by atoms with Crippen LogP contribution in [-0.2, 0) is 26.2 Å². The Bertz CT molecular complexity index is 1150. The quantitative estimate of drug-likeness (QED) is 0.409. The van der Waals surface area contributed by atoms with Gasteiger partial charge < -0.3 is 10.2 Å². The zero-order valence-electron chi connectivity index (χ0n) is 21.4. The predicted octanol–water partition coefficient (Wildman–Crippen LogP) is 5.26. The lowest BCUT2D eigenvalue weighted by Gasteiger charge is -2.33. The molecule has 2 amide bonds. The average molecular weight is 557 g/mol. The van der Waals surface area contributed by atoms with Crippen LogP contribution in [0.25, 0.3) is 0 Å². The monoisotopic (exact) mass is 555 g/mol. The summed E-state index contributed by atoms with van der Waals surface area (Å²) >= 11 is 12.3. The number of anilines is 1. The number of amides is 2. The highest BCUT2D eigenvalue weighted by molar-refractivity contribution is 7.92. The Morgan fingerprint density at radius 1 is 1.03 bits per heavy atom. The van der Waals surface area contributed by atoms with E-state index in [0.717, 1.165) is 11.8 Å². The molecule has 0 fully saturated rings. The summed E-state index contributed by atoms with van der Waals surface area (Å²) < 4.78 is 26.1. The van der Waals surface area contributed by atoms with Crippen LogP contribution in [0.3, 0.4) is 0 Å². The molecule has 0 aromatic heterocycles. The minimum Gasteiger partial charge on any atom is -0.350 e. The topological polar surface area (TPSA) is 86.8 Å². The van der Waals surface area contributed by atoms with Crippen molar-refractivity contribution in [3.8, 4) is 0 Å². The molecule has 0 heterocycles. The maximum atomic E-state index is 13.5. The predicted molar refractivity (Wildman–Crippen MR) is 147 cm³/mol. The minimum atomic E-state index is -3.57. The minimum absolute atomic E-state index is 0.0589. The van der Waals surface area contributed by atoms with E-state index in [4.69, 9.17) is 23.2 Å². The van der Waals surface area contributed by atoms with Crippen LogP contribution in [0.1, 0.15) is 52.5 Å². The molecule has 0 aliphatic carbocycles. The van der Waals surface area contributed by atoms with Gasteiger partial charge in [-0.25, -0.2) is 8.42 Å². The first-order valence-corrected chi connectivity index (χ1v) is 14.4. The van der Waals surface area contributed by atoms with Crippen LogP contribution in [0.2, 0.25) is 10.0 Å². The van der Waals surface area contributed by atoms with Gasteiger partial charge in [-0.05, 0) is 69.5 Å². The number of rotatable bonds is 11. The highest BCUT2D eigenvalue weighted by Gasteiger charge is 2.31. The van der Waals surface area contributed by atoms with Gasteiger partial charge >= 0.3 is 0 Å². The number of hydrogen-bond donors (Lipinski definition) is 1. The number of nitrogens with zero attached hydrogens (tertiary/aromatic N) is 2. The molecule has 0 bridgehead atoms. The molecular weight excluding hydrogens is 521 g/mol. The molecule has 0 unspecified atom stereocenters. The summed E-state index contributed by atoms with van der Waals surface area (Å²) in [6.07, 6.45) is 1.86. The van der Waals surface area contributed by atoms with Crippen molar-refractivity contribution in [2.24, 2.45) is 0 Å². The van der Waals surface area contributed by atoms with Crippen LogP contribution in [0.4, 0.5) is 5.69 Å². The van der Waals surface area contributed by atoms with Crippen molar-refractivity contribution in [1.29, 1.82) is 0 Å². The summed E-state index contributed by atoms with van der Waals surface area (Å²) in [5.41, 5.74) is 0.741. The van der Waals surface area contributed by atoms with Gasteiger partial charge in [0.25, 0.3) is 0 Å². The lowest BCUT2D eigenvalue weighted by atomic mass is 10.0. The maximum Gasteiger partial charge on any atom is 0.243 e. The van der Waals surface area contributed by atoms with Crippen LogP contribution in [0.15, 0.2) is 48.5 Å². The summed E-state index contributed by atoms with van der Waals surface area (Å²) in [5, 5.41) is 3.97.